The van der Waals surface area contributed by atoms with Crippen LogP contribution in [-0.2, 0) is 6.54 Å². The minimum atomic E-state index is -0.526. The van der Waals surface area contributed by atoms with Crippen molar-refractivity contribution in [3.63, 3.8) is 0 Å². The van der Waals surface area contributed by atoms with Crippen LogP contribution in [0.25, 0.3) is 0 Å². The normalized spacial score (nSPS) is 10.4. The molecule has 18 heavy (non-hydrogen) atoms. The fraction of sp³-hybridized carbons (Fsp3) is 0.154. The molecule has 94 valence electrons. The molecule has 0 unspecified atom stereocenters. The van der Waals surface area contributed by atoms with Crippen molar-refractivity contribution >= 4 is 11.6 Å². The molecular weight excluding hydrogens is 236 g/mol. The van der Waals surface area contributed by atoms with Gasteiger partial charge in [0.1, 0.15) is 11.6 Å². The van der Waals surface area contributed by atoms with Crippen LogP contribution < -0.4 is 5.32 Å². The Kier molecular flexibility index (Phi) is 3.41. The number of aromatic nitrogens is 2. The van der Waals surface area contributed by atoms with Crippen molar-refractivity contribution in [1.82, 2.24) is 9.55 Å². The van der Waals surface area contributed by atoms with Gasteiger partial charge in [-0.3, -0.25) is 0 Å². The predicted octanol–water partition coefficient (Wildman–Crippen LogP) is 3.40. The largest absolute Gasteiger partial charge is 0.323 e. The van der Waals surface area contributed by atoms with E-state index in [9.17, 15) is 8.78 Å². The quantitative estimate of drug-likeness (QED) is 0.842. The minimum Gasteiger partial charge on any atom is -0.323 e. The molecule has 0 atom stereocenters. The molecule has 0 saturated carbocycles. The van der Waals surface area contributed by atoms with Gasteiger partial charge in [0.2, 0.25) is 5.95 Å². The molecule has 0 aliphatic rings. The van der Waals surface area contributed by atoms with Crippen molar-refractivity contribution < 1.29 is 8.78 Å². The zero-order valence-electron chi connectivity index (χ0n) is 9.95. The van der Waals surface area contributed by atoms with E-state index in [2.05, 4.69) is 16.9 Å². The molecule has 0 aliphatic heterocycles. The lowest BCUT2D eigenvalue weighted by Crippen LogP contribution is -2.03. The first-order valence-corrected chi connectivity index (χ1v) is 5.47. The Bertz CT molecular complexity index is 576. The van der Waals surface area contributed by atoms with Crippen LogP contribution in [0.4, 0.5) is 20.4 Å². The third-order valence-electron chi connectivity index (χ3n) is 2.40. The molecule has 2 rings (SSSR count). The number of imidazole rings is 1. The first kappa shape index (κ1) is 12.3. The molecule has 0 fully saturated rings. The lowest BCUT2D eigenvalue weighted by Gasteiger charge is -2.08. The maximum absolute atomic E-state index is 13.5. The monoisotopic (exact) mass is 249 g/mol. The third-order valence-corrected chi connectivity index (χ3v) is 2.40. The van der Waals surface area contributed by atoms with Crippen molar-refractivity contribution in [2.24, 2.45) is 0 Å². The van der Waals surface area contributed by atoms with E-state index in [-0.39, 0.29) is 5.69 Å². The van der Waals surface area contributed by atoms with Crippen LogP contribution in [-0.4, -0.2) is 9.55 Å². The molecule has 1 aromatic heterocycles. The smallest absolute Gasteiger partial charge is 0.207 e. The number of rotatable bonds is 4. The van der Waals surface area contributed by atoms with Crippen molar-refractivity contribution in [3.05, 3.63) is 54.4 Å². The van der Waals surface area contributed by atoms with Crippen LogP contribution in [0, 0.1) is 18.6 Å². The molecule has 5 heteroatoms. The van der Waals surface area contributed by atoms with E-state index in [0.29, 0.717) is 12.5 Å². The highest BCUT2D eigenvalue weighted by Crippen LogP contribution is 2.20. The third kappa shape index (κ3) is 2.56. The summed E-state index contributed by atoms with van der Waals surface area (Å²) in [5.74, 6) is -0.573. The van der Waals surface area contributed by atoms with E-state index < -0.39 is 11.6 Å². The summed E-state index contributed by atoms with van der Waals surface area (Å²) in [6, 6.07) is 3.24. The van der Waals surface area contributed by atoms with Gasteiger partial charge >= 0.3 is 0 Å². The highest BCUT2D eigenvalue weighted by atomic mass is 19.1. The van der Waals surface area contributed by atoms with Gasteiger partial charge < -0.3 is 9.88 Å². The van der Waals surface area contributed by atoms with Crippen LogP contribution in [0.5, 0.6) is 0 Å². The van der Waals surface area contributed by atoms with Gasteiger partial charge in [-0.2, -0.15) is 0 Å². The Labute approximate surface area is 104 Å². The van der Waals surface area contributed by atoms with E-state index in [1.165, 1.54) is 0 Å². The van der Waals surface area contributed by atoms with Crippen LogP contribution in [0.2, 0.25) is 0 Å². The summed E-state index contributed by atoms with van der Waals surface area (Å²) in [7, 11) is 0. The first-order chi connectivity index (χ1) is 8.60. The maximum atomic E-state index is 13.5. The molecule has 0 spiro atoms. The lowest BCUT2D eigenvalue weighted by molar-refractivity contribution is 0.603. The number of nitrogens with zero attached hydrogens (tertiary/aromatic N) is 2. The van der Waals surface area contributed by atoms with E-state index >= 15 is 0 Å². The van der Waals surface area contributed by atoms with Crippen molar-refractivity contribution in [2.75, 3.05) is 5.32 Å². The summed E-state index contributed by atoms with van der Waals surface area (Å²) in [4.78, 5) is 4.21. The van der Waals surface area contributed by atoms with E-state index in [1.807, 2.05) is 6.92 Å². The number of allylic oxidation sites excluding steroid dienone is 1. The molecule has 0 radical (unpaired) electrons. The maximum Gasteiger partial charge on any atom is 0.207 e. The second-order valence-electron chi connectivity index (χ2n) is 3.90. The van der Waals surface area contributed by atoms with Gasteiger partial charge in [0.25, 0.3) is 0 Å². The summed E-state index contributed by atoms with van der Waals surface area (Å²) in [6.45, 7) is 6.00. The number of benzene rings is 1. The second-order valence-corrected chi connectivity index (χ2v) is 3.90. The molecule has 0 saturated heterocycles. The molecule has 0 bridgehead atoms. The molecule has 0 aliphatic carbocycles. The zero-order valence-corrected chi connectivity index (χ0v) is 9.95. The van der Waals surface area contributed by atoms with Crippen LogP contribution in [0.3, 0.4) is 0 Å². The lowest BCUT2D eigenvalue weighted by atomic mass is 10.3. The fourth-order valence-electron chi connectivity index (χ4n) is 1.64. The number of halogens is 2. The first-order valence-electron chi connectivity index (χ1n) is 5.47. The number of anilines is 2. The molecular formula is C13H13F2N3. The van der Waals surface area contributed by atoms with E-state index in [0.717, 1.165) is 23.9 Å². The number of hydrogen-bond donors (Lipinski definition) is 1. The highest BCUT2D eigenvalue weighted by molar-refractivity contribution is 5.54. The summed E-state index contributed by atoms with van der Waals surface area (Å²) >= 11 is 0. The van der Waals surface area contributed by atoms with E-state index in [4.69, 9.17) is 0 Å². The van der Waals surface area contributed by atoms with Crippen molar-refractivity contribution in [1.29, 1.82) is 0 Å². The van der Waals surface area contributed by atoms with Crippen molar-refractivity contribution in [2.45, 2.75) is 13.5 Å². The molecule has 0 amide bonds. The highest BCUT2D eigenvalue weighted by Gasteiger charge is 2.09. The van der Waals surface area contributed by atoms with Gasteiger partial charge in [0, 0.05) is 18.8 Å². The Morgan fingerprint density at radius 3 is 2.94 bits per heavy atom. The summed E-state index contributed by atoms with van der Waals surface area (Å²) in [6.07, 6.45) is 3.51. The second kappa shape index (κ2) is 5.00. The van der Waals surface area contributed by atoms with Crippen molar-refractivity contribution in [3.8, 4) is 0 Å². The molecule has 2 aromatic rings. The van der Waals surface area contributed by atoms with E-state index in [1.54, 1.807) is 16.8 Å². The van der Waals surface area contributed by atoms with Gasteiger partial charge in [-0.1, -0.05) is 6.08 Å². The average Bonchev–Trinajstić information content (AvgIpc) is 2.65. The fourth-order valence-corrected chi connectivity index (χ4v) is 1.64. The summed E-state index contributed by atoms with van der Waals surface area (Å²) in [5.41, 5.74) is 0.849. The Hall–Kier alpha value is -2.17. The van der Waals surface area contributed by atoms with Gasteiger partial charge in [-0.25, -0.2) is 13.8 Å². The molecule has 1 heterocycles. The van der Waals surface area contributed by atoms with Gasteiger partial charge in [0.15, 0.2) is 0 Å². The number of nitrogens with one attached hydrogen (secondary N) is 1. The molecule has 1 N–H and O–H groups in total. The Morgan fingerprint density at radius 2 is 2.22 bits per heavy atom. The number of hydrogen-bond acceptors (Lipinski definition) is 2. The van der Waals surface area contributed by atoms with Gasteiger partial charge in [-0.15, -0.1) is 6.58 Å². The summed E-state index contributed by atoms with van der Waals surface area (Å²) in [5, 5.41) is 2.78. The predicted molar refractivity (Wildman–Crippen MR) is 66.8 cm³/mol. The summed E-state index contributed by atoms with van der Waals surface area (Å²) < 4.78 is 28.3. The minimum absolute atomic E-state index is 0.0610. The van der Waals surface area contributed by atoms with Crippen LogP contribution >= 0.6 is 0 Å². The van der Waals surface area contributed by atoms with Gasteiger partial charge in [-0.05, 0) is 19.1 Å². The topological polar surface area (TPSA) is 29.9 Å². The Balaban J connectivity index is 2.33. The molecule has 1 aromatic carbocycles. The van der Waals surface area contributed by atoms with Gasteiger partial charge in [0.05, 0.1) is 11.4 Å². The standard InChI is InChI=1S/C13H13F2N3/c1-3-6-18-8-9(2)16-13(18)17-12-7-10(14)4-5-11(12)15/h3-5,7-8H,1,6H2,2H3,(H,16,17). The van der Waals surface area contributed by atoms with Crippen LogP contribution in [0.1, 0.15) is 5.69 Å². The zero-order chi connectivity index (χ0) is 13.1. The molecule has 3 nitrogen and oxygen atoms in total. The Morgan fingerprint density at radius 1 is 1.44 bits per heavy atom. The average molecular weight is 249 g/mol. The number of aryl methyl sites for hydroxylation is 1. The SMILES string of the molecule is C=CCn1cc(C)nc1Nc1cc(F)ccc1F. The van der Waals surface area contributed by atoms with Crippen LogP contribution in [0.15, 0.2) is 37.1 Å².